The third-order valence-electron chi connectivity index (χ3n) is 10.0. The second-order valence-corrected chi connectivity index (χ2v) is 12.5. The molecule has 242 valence electrons. The maximum atomic E-state index is 14.8. The first kappa shape index (κ1) is 33.7. The molecule has 3 aliphatic rings. The normalized spacial score (nSPS) is 28.6. The number of unbranched alkanes of at least 4 members (excludes halogenated alkanes) is 3. The Morgan fingerprint density at radius 3 is 2.36 bits per heavy atom. The van der Waals surface area contributed by atoms with Crippen molar-refractivity contribution in [3.8, 4) is 0 Å². The van der Waals surface area contributed by atoms with Crippen molar-refractivity contribution in [3.63, 3.8) is 0 Å². The number of nitrogens with zero attached hydrogens (tertiary/aromatic N) is 3. The molecule has 0 aliphatic carbocycles. The van der Waals surface area contributed by atoms with Crippen molar-refractivity contribution in [1.82, 2.24) is 4.90 Å². The Hall–Kier alpha value is -3.17. The largest absolute Gasteiger partial charge is 0.465 e. The quantitative estimate of drug-likeness (QED) is 0.155. The maximum absolute atomic E-state index is 14.8. The molecule has 0 aromatic heterocycles. The molecule has 0 radical (unpaired) electrons. The van der Waals surface area contributed by atoms with Gasteiger partial charge < -0.3 is 29.3 Å². The van der Waals surface area contributed by atoms with Crippen LogP contribution in [0.4, 0.5) is 11.4 Å². The first-order valence-corrected chi connectivity index (χ1v) is 16.3. The summed E-state index contributed by atoms with van der Waals surface area (Å²) in [5, 5.41) is 9.23. The van der Waals surface area contributed by atoms with Gasteiger partial charge in [-0.1, -0.05) is 31.9 Å². The molecule has 44 heavy (non-hydrogen) atoms. The summed E-state index contributed by atoms with van der Waals surface area (Å²) in [6.07, 6.45) is 7.41. The predicted octanol–water partition coefficient (Wildman–Crippen LogP) is 4.73. The summed E-state index contributed by atoms with van der Waals surface area (Å²) in [7, 11) is 0. The SMILES string of the molecule is C=CCCOC(=O)[C@@H]1[C@H]2C(=O)N(CCCCCCO)C(C(=O)N(CC=C)c3ccc(N(CC)CC)cc3)C23CC(C)[C@@]1(C)O3. The molecule has 3 unspecified atom stereocenters. The number of ether oxygens (including phenoxy) is 2. The number of amides is 2. The average molecular weight is 610 g/mol. The Labute approximate surface area is 262 Å². The van der Waals surface area contributed by atoms with Gasteiger partial charge in [-0.3, -0.25) is 14.4 Å². The fourth-order valence-corrected chi connectivity index (χ4v) is 7.73. The lowest BCUT2D eigenvalue weighted by molar-refractivity contribution is -0.161. The molecule has 1 aromatic rings. The minimum atomic E-state index is -1.14. The van der Waals surface area contributed by atoms with Gasteiger partial charge in [-0.15, -0.1) is 13.2 Å². The highest BCUT2D eigenvalue weighted by atomic mass is 16.6. The topological polar surface area (TPSA) is 99.6 Å². The second kappa shape index (κ2) is 14.3. The Morgan fingerprint density at radius 1 is 1.09 bits per heavy atom. The third-order valence-corrected chi connectivity index (χ3v) is 10.0. The van der Waals surface area contributed by atoms with E-state index in [1.807, 2.05) is 38.1 Å². The highest BCUT2D eigenvalue weighted by Crippen LogP contribution is 2.65. The van der Waals surface area contributed by atoms with Crippen LogP contribution in [0.5, 0.6) is 0 Å². The number of hydrogen-bond donors (Lipinski definition) is 1. The van der Waals surface area contributed by atoms with Crippen LogP contribution in [0.3, 0.4) is 0 Å². The number of carbonyl (C=O) groups is 3. The van der Waals surface area contributed by atoms with Gasteiger partial charge in [-0.25, -0.2) is 0 Å². The molecule has 6 atom stereocenters. The lowest BCUT2D eigenvalue weighted by atomic mass is 9.62. The van der Waals surface area contributed by atoms with Crippen LogP contribution in [0.15, 0.2) is 49.6 Å². The van der Waals surface area contributed by atoms with E-state index in [-0.39, 0.29) is 37.5 Å². The number of benzene rings is 1. The molecule has 3 saturated heterocycles. The first-order chi connectivity index (χ1) is 21.1. The van der Waals surface area contributed by atoms with Gasteiger partial charge in [0.05, 0.1) is 18.1 Å². The Morgan fingerprint density at radius 2 is 1.75 bits per heavy atom. The van der Waals surface area contributed by atoms with Crippen molar-refractivity contribution >= 4 is 29.2 Å². The summed E-state index contributed by atoms with van der Waals surface area (Å²) in [4.78, 5) is 48.4. The van der Waals surface area contributed by atoms with Crippen LogP contribution < -0.4 is 9.80 Å². The Kier molecular flexibility index (Phi) is 10.9. The van der Waals surface area contributed by atoms with E-state index in [2.05, 4.69) is 31.9 Å². The van der Waals surface area contributed by atoms with Gasteiger partial charge >= 0.3 is 5.97 Å². The number of esters is 1. The van der Waals surface area contributed by atoms with Crippen molar-refractivity contribution in [2.45, 2.75) is 83.5 Å². The van der Waals surface area contributed by atoms with E-state index in [0.29, 0.717) is 37.9 Å². The van der Waals surface area contributed by atoms with E-state index in [1.165, 1.54) is 0 Å². The van der Waals surface area contributed by atoms with Crippen LogP contribution in [0.1, 0.15) is 66.2 Å². The Balaban J connectivity index is 1.73. The molecule has 1 N–H and O–H groups in total. The third kappa shape index (κ3) is 5.93. The van der Waals surface area contributed by atoms with E-state index in [9.17, 15) is 19.5 Å². The zero-order chi connectivity index (χ0) is 32.1. The fraction of sp³-hybridized carbons (Fsp3) is 0.629. The predicted molar refractivity (Wildman–Crippen MR) is 172 cm³/mol. The molecule has 3 heterocycles. The van der Waals surface area contributed by atoms with E-state index in [1.54, 1.807) is 22.0 Å². The van der Waals surface area contributed by atoms with Gasteiger partial charge in [0.2, 0.25) is 5.91 Å². The standard InChI is InChI=1S/C35H51N3O6/c1-7-11-23-43-33(42)29-28-31(40)38(21-14-12-13-15-22-39)30(35(28)24-25(5)34(29,6)44-35)32(41)37(20-8-2)27-18-16-26(17-19-27)36(9-3)10-4/h7-8,16-19,25,28-30,39H,1-2,9-15,20-24H2,3-6H3/t25?,28-,29-,30?,34+,35?/m0/s1. The molecule has 0 saturated carbocycles. The van der Waals surface area contributed by atoms with Crippen LogP contribution in [-0.2, 0) is 23.9 Å². The molecule has 3 aliphatic heterocycles. The summed E-state index contributed by atoms with van der Waals surface area (Å²) < 4.78 is 12.5. The fourth-order valence-electron chi connectivity index (χ4n) is 7.73. The molecule has 2 amide bonds. The van der Waals surface area contributed by atoms with Crippen molar-refractivity contribution in [2.24, 2.45) is 17.8 Å². The molecule has 3 fully saturated rings. The number of likely N-dealkylation sites (tertiary alicyclic amines) is 1. The first-order valence-electron chi connectivity index (χ1n) is 16.3. The zero-order valence-corrected chi connectivity index (χ0v) is 27.0. The number of aliphatic hydroxyl groups is 1. The Bertz CT molecular complexity index is 1200. The molecule has 9 nitrogen and oxygen atoms in total. The zero-order valence-electron chi connectivity index (χ0n) is 27.0. The summed E-state index contributed by atoms with van der Waals surface area (Å²) in [5.74, 6) is -2.58. The van der Waals surface area contributed by atoms with Gasteiger partial charge in [0.15, 0.2) is 0 Å². The average Bonchev–Trinajstić information content (AvgIpc) is 3.53. The highest BCUT2D eigenvalue weighted by molar-refractivity contribution is 6.05. The maximum Gasteiger partial charge on any atom is 0.312 e. The number of hydrogen-bond acceptors (Lipinski definition) is 7. The number of fused-ring (bicyclic) bond motifs is 1. The molecular formula is C35H51N3O6. The molecule has 2 bridgehead atoms. The lowest BCUT2D eigenvalue weighted by Crippen LogP contribution is -2.57. The van der Waals surface area contributed by atoms with Gasteiger partial charge in [-0.05, 0) is 76.6 Å². The van der Waals surface area contributed by atoms with E-state index < -0.39 is 35.0 Å². The monoisotopic (exact) mass is 609 g/mol. The van der Waals surface area contributed by atoms with Gasteiger partial charge in [0.1, 0.15) is 17.6 Å². The van der Waals surface area contributed by atoms with E-state index in [0.717, 1.165) is 31.6 Å². The van der Waals surface area contributed by atoms with Gasteiger partial charge in [-0.2, -0.15) is 0 Å². The summed E-state index contributed by atoms with van der Waals surface area (Å²) in [6.45, 7) is 18.5. The molecule has 1 aromatic carbocycles. The van der Waals surface area contributed by atoms with Crippen LogP contribution in [0, 0.1) is 17.8 Å². The van der Waals surface area contributed by atoms with E-state index >= 15 is 0 Å². The van der Waals surface area contributed by atoms with Crippen molar-refractivity contribution in [3.05, 3.63) is 49.6 Å². The highest BCUT2D eigenvalue weighted by Gasteiger charge is 2.80. The van der Waals surface area contributed by atoms with Crippen LogP contribution >= 0.6 is 0 Å². The minimum Gasteiger partial charge on any atom is -0.465 e. The summed E-state index contributed by atoms with van der Waals surface area (Å²) in [5.41, 5.74) is -0.281. The van der Waals surface area contributed by atoms with Crippen molar-refractivity contribution in [2.75, 3.05) is 49.2 Å². The molecule has 4 rings (SSSR count). The van der Waals surface area contributed by atoms with Gasteiger partial charge in [0.25, 0.3) is 5.91 Å². The van der Waals surface area contributed by atoms with Gasteiger partial charge in [0, 0.05) is 44.2 Å². The van der Waals surface area contributed by atoms with Crippen molar-refractivity contribution in [1.29, 1.82) is 0 Å². The molecule has 1 spiro atoms. The molecule has 9 heteroatoms. The number of rotatable bonds is 17. The number of carbonyl (C=O) groups excluding carboxylic acids is 3. The minimum absolute atomic E-state index is 0.0653. The second-order valence-electron chi connectivity index (χ2n) is 12.5. The lowest BCUT2D eigenvalue weighted by Gasteiger charge is -2.37. The van der Waals surface area contributed by atoms with Crippen LogP contribution in [-0.4, -0.2) is 84.4 Å². The smallest absolute Gasteiger partial charge is 0.312 e. The number of anilines is 2. The van der Waals surface area contributed by atoms with Crippen molar-refractivity contribution < 1.29 is 29.0 Å². The van der Waals surface area contributed by atoms with Crippen LogP contribution in [0.2, 0.25) is 0 Å². The molecular weight excluding hydrogens is 558 g/mol. The van der Waals surface area contributed by atoms with E-state index in [4.69, 9.17) is 9.47 Å². The summed E-state index contributed by atoms with van der Waals surface area (Å²) in [6, 6.07) is 7.02. The summed E-state index contributed by atoms with van der Waals surface area (Å²) >= 11 is 0. The number of aliphatic hydroxyl groups excluding tert-OH is 1. The van der Waals surface area contributed by atoms with Crippen LogP contribution in [0.25, 0.3) is 0 Å².